The van der Waals surface area contributed by atoms with Crippen molar-refractivity contribution in [2.24, 2.45) is 5.73 Å². The molecule has 0 aliphatic carbocycles. The fraction of sp³-hybridized carbons (Fsp3) is 0.269. The topological polar surface area (TPSA) is 81.8 Å². The molecular formula is C26H30N4O2. The van der Waals surface area contributed by atoms with Crippen LogP contribution < -0.4 is 16.0 Å². The number of carbonyl (C=O) groups excluding carboxylic acids is 1. The van der Waals surface area contributed by atoms with E-state index >= 15 is 0 Å². The van der Waals surface area contributed by atoms with Crippen LogP contribution in [0.1, 0.15) is 15.9 Å². The standard InChI is InChI=1S/C26H30N4O2/c27-26(32)24-8-4-5-9-25(24)28-19-22(18-20-10-12-23(31)13-11-20)30-16-14-29(15-17-30)21-6-2-1-3-7-21/h1-13,22,28,31H,14-19H2,(H2,27,32). The first-order chi connectivity index (χ1) is 15.6. The predicted octanol–water partition coefficient (Wildman–Crippen LogP) is 3.34. The molecule has 0 spiro atoms. The lowest BCUT2D eigenvalue weighted by atomic mass is 10.0. The Morgan fingerprint density at radius 3 is 2.25 bits per heavy atom. The fourth-order valence-corrected chi connectivity index (χ4v) is 4.30. The van der Waals surface area contributed by atoms with Crippen LogP contribution in [0.5, 0.6) is 5.75 Å². The minimum absolute atomic E-state index is 0.235. The average Bonchev–Trinajstić information content (AvgIpc) is 2.84. The van der Waals surface area contributed by atoms with Crippen molar-refractivity contribution in [2.45, 2.75) is 12.5 Å². The second-order valence-corrected chi connectivity index (χ2v) is 8.17. The Hall–Kier alpha value is -3.51. The summed E-state index contributed by atoms with van der Waals surface area (Å²) in [5.41, 5.74) is 9.25. The molecule has 1 atom stereocenters. The highest BCUT2D eigenvalue weighted by Gasteiger charge is 2.24. The molecule has 4 rings (SSSR count). The van der Waals surface area contributed by atoms with Gasteiger partial charge in [-0.3, -0.25) is 9.69 Å². The molecule has 166 valence electrons. The number of piperazine rings is 1. The molecule has 1 aliphatic heterocycles. The Morgan fingerprint density at radius 2 is 1.56 bits per heavy atom. The Kier molecular flexibility index (Phi) is 6.92. The number of nitrogens with zero attached hydrogens (tertiary/aromatic N) is 2. The molecule has 6 nitrogen and oxygen atoms in total. The zero-order valence-corrected chi connectivity index (χ0v) is 18.2. The zero-order valence-electron chi connectivity index (χ0n) is 18.2. The molecule has 3 aromatic carbocycles. The van der Waals surface area contributed by atoms with E-state index in [1.807, 2.05) is 36.4 Å². The molecule has 1 saturated heterocycles. The molecule has 0 aromatic heterocycles. The summed E-state index contributed by atoms with van der Waals surface area (Å²) in [6, 6.07) is 25.5. The van der Waals surface area contributed by atoms with Gasteiger partial charge < -0.3 is 21.1 Å². The van der Waals surface area contributed by atoms with E-state index < -0.39 is 5.91 Å². The van der Waals surface area contributed by atoms with Gasteiger partial charge in [-0.05, 0) is 48.4 Å². The minimum Gasteiger partial charge on any atom is -0.508 e. The van der Waals surface area contributed by atoms with Crippen LogP contribution in [0.2, 0.25) is 0 Å². The van der Waals surface area contributed by atoms with Crippen molar-refractivity contribution in [2.75, 3.05) is 42.9 Å². The molecule has 32 heavy (non-hydrogen) atoms. The number of carbonyl (C=O) groups is 1. The van der Waals surface area contributed by atoms with E-state index in [1.165, 1.54) is 11.3 Å². The first-order valence-electron chi connectivity index (χ1n) is 11.0. The Balaban J connectivity index is 1.47. The first-order valence-corrected chi connectivity index (χ1v) is 11.0. The summed E-state index contributed by atoms with van der Waals surface area (Å²) in [5, 5.41) is 13.1. The van der Waals surface area contributed by atoms with Gasteiger partial charge in [-0.25, -0.2) is 0 Å². The SMILES string of the molecule is NC(=O)c1ccccc1NCC(Cc1ccc(O)cc1)N1CCN(c2ccccc2)CC1. The number of aromatic hydroxyl groups is 1. The van der Waals surface area contributed by atoms with Gasteiger partial charge in [-0.15, -0.1) is 0 Å². The molecule has 0 saturated carbocycles. The summed E-state index contributed by atoms with van der Waals surface area (Å²) >= 11 is 0. The van der Waals surface area contributed by atoms with Crippen molar-refractivity contribution in [1.82, 2.24) is 4.90 Å². The van der Waals surface area contributed by atoms with Crippen molar-refractivity contribution < 1.29 is 9.90 Å². The van der Waals surface area contributed by atoms with Crippen LogP contribution in [0.15, 0.2) is 78.9 Å². The van der Waals surface area contributed by atoms with Crippen LogP contribution in [-0.4, -0.2) is 54.7 Å². The number of hydrogen-bond acceptors (Lipinski definition) is 5. The Bertz CT molecular complexity index is 1020. The number of phenolic OH excluding ortho intramolecular Hbond substituents is 1. The van der Waals surface area contributed by atoms with E-state index in [4.69, 9.17) is 5.73 Å². The lowest BCUT2D eigenvalue weighted by Crippen LogP contribution is -2.53. The molecule has 3 aromatic rings. The van der Waals surface area contributed by atoms with Gasteiger partial charge in [0, 0.05) is 50.1 Å². The molecule has 4 N–H and O–H groups in total. The largest absolute Gasteiger partial charge is 0.508 e. The van der Waals surface area contributed by atoms with Gasteiger partial charge in [-0.1, -0.05) is 42.5 Å². The van der Waals surface area contributed by atoms with E-state index in [9.17, 15) is 9.90 Å². The van der Waals surface area contributed by atoms with Crippen molar-refractivity contribution in [3.05, 3.63) is 90.0 Å². The third-order valence-corrected chi connectivity index (χ3v) is 6.08. The van der Waals surface area contributed by atoms with Crippen molar-refractivity contribution in [3.8, 4) is 5.75 Å². The second kappa shape index (κ2) is 10.2. The van der Waals surface area contributed by atoms with E-state index in [0.717, 1.165) is 38.3 Å². The number of rotatable bonds is 8. The summed E-state index contributed by atoms with van der Waals surface area (Å²) in [6.45, 7) is 4.53. The van der Waals surface area contributed by atoms with Crippen molar-refractivity contribution in [1.29, 1.82) is 0 Å². The highest BCUT2D eigenvalue weighted by molar-refractivity contribution is 5.98. The van der Waals surface area contributed by atoms with Crippen LogP contribution >= 0.6 is 0 Å². The normalized spacial score (nSPS) is 15.3. The summed E-state index contributed by atoms with van der Waals surface area (Å²) in [7, 11) is 0. The molecule has 1 heterocycles. The quantitative estimate of drug-likeness (QED) is 0.511. The third-order valence-electron chi connectivity index (χ3n) is 6.08. The van der Waals surface area contributed by atoms with Gasteiger partial charge in [0.05, 0.1) is 5.56 Å². The monoisotopic (exact) mass is 430 g/mol. The number of nitrogens with two attached hydrogens (primary N) is 1. The summed E-state index contributed by atoms with van der Waals surface area (Å²) < 4.78 is 0. The summed E-state index contributed by atoms with van der Waals surface area (Å²) in [6.07, 6.45) is 0.845. The maximum atomic E-state index is 11.8. The maximum absolute atomic E-state index is 11.8. The first kappa shape index (κ1) is 21.7. The van der Waals surface area contributed by atoms with Gasteiger partial charge in [0.15, 0.2) is 0 Å². The molecule has 0 bridgehead atoms. The molecule has 1 fully saturated rings. The number of hydrogen-bond donors (Lipinski definition) is 3. The number of nitrogens with one attached hydrogen (secondary N) is 1. The summed E-state index contributed by atoms with van der Waals surface area (Å²) in [5.74, 6) is -0.157. The number of anilines is 2. The minimum atomic E-state index is -0.431. The van der Waals surface area contributed by atoms with E-state index in [-0.39, 0.29) is 11.8 Å². The van der Waals surface area contributed by atoms with Crippen LogP contribution in [-0.2, 0) is 6.42 Å². The molecular weight excluding hydrogens is 400 g/mol. The zero-order chi connectivity index (χ0) is 22.3. The van der Waals surface area contributed by atoms with Gasteiger partial charge >= 0.3 is 0 Å². The second-order valence-electron chi connectivity index (χ2n) is 8.17. The average molecular weight is 431 g/mol. The van der Waals surface area contributed by atoms with Gasteiger partial charge in [-0.2, -0.15) is 0 Å². The lowest BCUT2D eigenvalue weighted by molar-refractivity contribution is 0.100. The van der Waals surface area contributed by atoms with E-state index in [2.05, 4.69) is 39.4 Å². The van der Waals surface area contributed by atoms with Crippen LogP contribution in [0.3, 0.4) is 0 Å². The van der Waals surface area contributed by atoms with Crippen molar-refractivity contribution >= 4 is 17.3 Å². The predicted molar refractivity (Wildman–Crippen MR) is 129 cm³/mol. The highest BCUT2D eigenvalue weighted by atomic mass is 16.3. The molecule has 1 aliphatic rings. The number of amides is 1. The summed E-state index contributed by atoms with van der Waals surface area (Å²) in [4.78, 5) is 16.7. The van der Waals surface area contributed by atoms with Gasteiger partial charge in [0.2, 0.25) is 0 Å². The number of primary amides is 1. The molecule has 1 unspecified atom stereocenters. The van der Waals surface area contributed by atoms with Gasteiger partial charge in [0.1, 0.15) is 5.75 Å². The number of benzene rings is 3. The Morgan fingerprint density at radius 1 is 0.906 bits per heavy atom. The maximum Gasteiger partial charge on any atom is 0.250 e. The Labute approximate surface area is 189 Å². The lowest BCUT2D eigenvalue weighted by Gasteiger charge is -2.40. The van der Waals surface area contributed by atoms with Crippen LogP contribution in [0, 0.1) is 0 Å². The van der Waals surface area contributed by atoms with Gasteiger partial charge in [0.25, 0.3) is 5.91 Å². The number of para-hydroxylation sites is 2. The molecule has 6 heteroatoms. The van der Waals surface area contributed by atoms with Crippen LogP contribution in [0.25, 0.3) is 0 Å². The number of phenols is 1. The fourth-order valence-electron chi connectivity index (χ4n) is 4.30. The van der Waals surface area contributed by atoms with Crippen molar-refractivity contribution in [3.63, 3.8) is 0 Å². The van der Waals surface area contributed by atoms with E-state index in [1.54, 1.807) is 18.2 Å². The van der Waals surface area contributed by atoms with E-state index in [0.29, 0.717) is 12.1 Å². The third kappa shape index (κ3) is 5.39. The molecule has 1 amide bonds. The molecule has 0 radical (unpaired) electrons. The van der Waals surface area contributed by atoms with Crippen LogP contribution in [0.4, 0.5) is 11.4 Å². The highest BCUT2D eigenvalue weighted by Crippen LogP contribution is 2.21. The smallest absolute Gasteiger partial charge is 0.250 e.